The maximum atomic E-state index is 12.3. The summed E-state index contributed by atoms with van der Waals surface area (Å²) < 4.78 is 5.92. The third kappa shape index (κ3) is 5.78. The molecule has 0 aliphatic rings. The molecule has 29 heavy (non-hydrogen) atoms. The molecule has 2 aromatic heterocycles. The molecule has 3 rings (SSSR count). The van der Waals surface area contributed by atoms with E-state index in [0.717, 1.165) is 9.35 Å². The number of carbonyl (C=O) groups excluding carboxylic acids is 3. The number of amides is 3. The van der Waals surface area contributed by atoms with Gasteiger partial charge in [-0.2, -0.15) is 0 Å². The van der Waals surface area contributed by atoms with Gasteiger partial charge in [0.1, 0.15) is 0 Å². The molecule has 0 atom stereocenters. The summed E-state index contributed by atoms with van der Waals surface area (Å²) in [5.41, 5.74) is 1.40. The van der Waals surface area contributed by atoms with E-state index in [9.17, 15) is 14.4 Å². The number of furan rings is 1. The van der Waals surface area contributed by atoms with Crippen LogP contribution in [0.4, 0.5) is 5.69 Å². The Morgan fingerprint density at radius 2 is 1.97 bits per heavy atom. The van der Waals surface area contributed by atoms with Gasteiger partial charge < -0.3 is 20.0 Å². The first-order valence-electron chi connectivity index (χ1n) is 8.63. The molecule has 9 heteroatoms. The highest BCUT2D eigenvalue weighted by atomic mass is 79.9. The monoisotopic (exact) mass is 475 g/mol. The van der Waals surface area contributed by atoms with Gasteiger partial charge in [0.15, 0.2) is 5.76 Å². The number of carbonyl (C=O) groups is 3. The second-order valence-corrected chi connectivity index (χ2v) is 8.64. The molecular formula is C20H18BrN3O4S. The van der Waals surface area contributed by atoms with Gasteiger partial charge in [0.05, 0.1) is 21.5 Å². The average molecular weight is 476 g/mol. The first-order chi connectivity index (χ1) is 13.9. The Labute approximate surface area is 179 Å². The maximum absolute atomic E-state index is 12.3. The van der Waals surface area contributed by atoms with Gasteiger partial charge in [-0.15, -0.1) is 11.3 Å². The zero-order chi connectivity index (χ0) is 20.8. The molecule has 0 saturated carbocycles. The summed E-state index contributed by atoms with van der Waals surface area (Å²) in [5, 5.41) is 5.52. The molecule has 0 fully saturated rings. The van der Waals surface area contributed by atoms with Crippen LogP contribution in [0.3, 0.4) is 0 Å². The second kappa shape index (κ2) is 9.53. The van der Waals surface area contributed by atoms with E-state index in [1.54, 1.807) is 49.5 Å². The Morgan fingerprint density at radius 3 is 2.66 bits per heavy atom. The van der Waals surface area contributed by atoms with E-state index in [1.165, 1.54) is 22.5 Å². The van der Waals surface area contributed by atoms with E-state index in [0.29, 0.717) is 10.6 Å². The Hall–Kier alpha value is -2.91. The van der Waals surface area contributed by atoms with Crippen LogP contribution in [-0.2, 0) is 11.3 Å². The van der Waals surface area contributed by atoms with Crippen LogP contribution in [0.25, 0.3) is 0 Å². The van der Waals surface area contributed by atoms with Gasteiger partial charge >= 0.3 is 0 Å². The molecule has 0 spiro atoms. The summed E-state index contributed by atoms with van der Waals surface area (Å²) in [6.45, 7) is 0.221. The summed E-state index contributed by atoms with van der Waals surface area (Å²) in [6.07, 6.45) is 1.43. The first kappa shape index (κ1) is 20.8. The standard InChI is InChI=1S/C20H18BrN3O4S/c1-24(20(27)16-7-8-17(21)29-16)12-18(25)22-11-13-4-2-5-14(10-13)23-19(26)15-6-3-9-28-15/h2-10H,11-12H2,1H3,(H,22,25)(H,23,26). The fourth-order valence-electron chi connectivity index (χ4n) is 2.52. The summed E-state index contributed by atoms with van der Waals surface area (Å²) in [6, 6.07) is 13.9. The van der Waals surface area contributed by atoms with Crippen LogP contribution < -0.4 is 10.6 Å². The predicted molar refractivity (Wildman–Crippen MR) is 114 cm³/mol. The largest absolute Gasteiger partial charge is 0.459 e. The fraction of sp³-hybridized carbons (Fsp3) is 0.150. The maximum Gasteiger partial charge on any atom is 0.291 e. The summed E-state index contributed by atoms with van der Waals surface area (Å²) in [7, 11) is 1.58. The highest BCUT2D eigenvalue weighted by Gasteiger charge is 2.16. The number of likely N-dealkylation sites (N-methyl/N-ethyl adjacent to an activating group) is 1. The average Bonchev–Trinajstić information content (AvgIpc) is 3.38. The van der Waals surface area contributed by atoms with Crippen molar-refractivity contribution in [3.63, 3.8) is 0 Å². The quantitative estimate of drug-likeness (QED) is 0.544. The fourth-order valence-corrected chi connectivity index (χ4v) is 3.90. The van der Waals surface area contributed by atoms with Crippen molar-refractivity contribution in [3.8, 4) is 0 Å². The molecule has 1 aromatic carbocycles. The molecule has 2 N–H and O–H groups in total. The van der Waals surface area contributed by atoms with Crippen molar-refractivity contribution in [3.05, 3.63) is 74.8 Å². The van der Waals surface area contributed by atoms with Crippen LogP contribution in [-0.4, -0.2) is 36.2 Å². The Morgan fingerprint density at radius 1 is 1.14 bits per heavy atom. The van der Waals surface area contributed by atoms with Crippen molar-refractivity contribution < 1.29 is 18.8 Å². The molecule has 2 heterocycles. The summed E-state index contributed by atoms with van der Waals surface area (Å²) in [5.74, 6) is -0.620. The van der Waals surface area contributed by atoms with Crippen molar-refractivity contribution in [1.29, 1.82) is 0 Å². The minimum atomic E-state index is -0.350. The van der Waals surface area contributed by atoms with E-state index in [1.807, 2.05) is 6.07 Å². The Balaban J connectivity index is 1.51. The molecule has 0 saturated heterocycles. The number of rotatable bonds is 7. The molecule has 0 radical (unpaired) electrons. The first-order valence-corrected chi connectivity index (χ1v) is 10.2. The number of thiophene rings is 1. The summed E-state index contributed by atoms with van der Waals surface area (Å²) >= 11 is 4.64. The molecule has 3 aromatic rings. The lowest BCUT2D eigenvalue weighted by atomic mass is 10.2. The van der Waals surface area contributed by atoms with Crippen LogP contribution >= 0.6 is 27.3 Å². The molecule has 3 amide bonds. The lowest BCUT2D eigenvalue weighted by molar-refractivity contribution is -0.121. The van der Waals surface area contributed by atoms with E-state index in [2.05, 4.69) is 26.6 Å². The third-order valence-electron chi connectivity index (χ3n) is 3.93. The van der Waals surface area contributed by atoms with Crippen molar-refractivity contribution >= 4 is 50.7 Å². The van der Waals surface area contributed by atoms with Crippen LogP contribution in [0.1, 0.15) is 25.8 Å². The van der Waals surface area contributed by atoms with E-state index < -0.39 is 0 Å². The van der Waals surface area contributed by atoms with Gasteiger partial charge in [-0.1, -0.05) is 12.1 Å². The van der Waals surface area contributed by atoms with E-state index in [4.69, 9.17) is 4.42 Å². The van der Waals surface area contributed by atoms with Gasteiger partial charge in [-0.3, -0.25) is 14.4 Å². The number of benzene rings is 1. The number of halogens is 1. The van der Waals surface area contributed by atoms with E-state index in [-0.39, 0.29) is 36.6 Å². The molecule has 150 valence electrons. The zero-order valence-electron chi connectivity index (χ0n) is 15.5. The molecule has 0 bridgehead atoms. The van der Waals surface area contributed by atoms with Gasteiger partial charge in [0.2, 0.25) is 5.91 Å². The number of hydrogen-bond acceptors (Lipinski definition) is 5. The Bertz CT molecular complexity index is 1020. The molecule has 0 aliphatic carbocycles. The van der Waals surface area contributed by atoms with Gasteiger partial charge in [0.25, 0.3) is 11.8 Å². The second-order valence-electron chi connectivity index (χ2n) is 6.17. The third-order valence-corrected chi connectivity index (χ3v) is 5.54. The van der Waals surface area contributed by atoms with E-state index >= 15 is 0 Å². The predicted octanol–water partition coefficient (Wildman–Crippen LogP) is 3.74. The van der Waals surface area contributed by atoms with Crippen LogP contribution in [0, 0.1) is 0 Å². The van der Waals surface area contributed by atoms with Crippen molar-refractivity contribution in [1.82, 2.24) is 10.2 Å². The molecular weight excluding hydrogens is 458 g/mol. The smallest absolute Gasteiger partial charge is 0.291 e. The van der Waals surface area contributed by atoms with Crippen LogP contribution in [0.5, 0.6) is 0 Å². The number of hydrogen-bond donors (Lipinski definition) is 2. The SMILES string of the molecule is CN(CC(=O)NCc1cccc(NC(=O)c2ccco2)c1)C(=O)c1ccc(Br)s1. The number of nitrogens with one attached hydrogen (secondary N) is 2. The van der Waals surface area contributed by atoms with Gasteiger partial charge in [0, 0.05) is 19.3 Å². The van der Waals surface area contributed by atoms with Gasteiger partial charge in [-0.25, -0.2) is 0 Å². The normalized spacial score (nSPS) is 10.4. The van der Waals surface area contributed by atoms with Crippen molar-refractivity contribution in [2.24, 2.45) is 0 Å². The van der Waals surface area contributed by atoms with Crippen molar-refractivity contribution in [2.45, 2.75) is 6.54 Å². The molecule has 0 unspecified atom stereocenters. The molecule has 7 nitrogen and oxygen atoms in total. The van der Waals surface area contributed by atoms with Crippen molar-refractivity contribution in [2.75, 3.05) is 18.9 Å². The molecule has 0 aliphatic heterocycles. The van der Waals surface area contributed by atoms with Crippen LogP contribution in [0.15, 0.2) is 63.0 Å². The lowest BCUT2D eigenvalue weighted by Gasteiger charge is -2.16. The van der Waals surface area contributed by atoms with Crippen LogP contribution in [0.2, 0.25) is 0 Å². The number of anilines is 1. The Kier molecular flexibility index (Phi) is 6.84. The lowest BCUT2D eigenvalue weighted by Crippen LogP contribution is -2.37. The minimum Gasteiger partial charge on any atom is -0.459 e. The number of nitrogens with zero attached hydrogens (tertiary/aromatic N) is 1. The topological polar surface area (TPSA) is 91.7 Å². The summed E-state index contributed by atoms with van der Waals surface area (Å²) in [4.78, 5) is 38.5. The highest BCUT2D eigenvalue weighted by molar-refractivity contribution is 9.11. The van der Waals surface area contributed by atoms with Gasteiger partial charge in [-0.05, 0) is 57.9 Å². The zero-order valence-corrected chi connectivity index (χ0v) is 17.9. The minimum absolute atomic E-state index is 0.0523. The highest BCUT2D eigenvalue weighted by Crippen LogP contribution is 2.23.